The number of rotatable bonds is 1. The van der Waals surface area contributed by atoms with Crippen LogP contribution >= 0.6 is 0 Å². The van der Waals surface area contributed by atoms with Crippen LogP contribution in [-0.4, -0.2) is 12.0 Å². The summed E-state index contributed by atoms with van der Waals surface area (Å²) in [7, 11) is 0. The van der Waals surface area contributed by atoms with E-state index in [1.165, 1.54) is 0 Å². The Balaban J connectivity index is 0.00000112. The van der Waals surface area contributed by atoms with Crippen LogP contribution in [-0.2, 0) is 15.1 Å². The monoisotopic (exact) mass is 214 g/mol. The number of cyclic esters (lactones) is 1. The fraction of sp³-hybridized carbons (Fsp3) is 0.200. The largest absolute Gasteiger partial charge is 1.00 e. The third-order valence-corrected chi connectivity index (χ3v) is 2.27. The minimum atomic E-state index is -1.18. The Bertz CT molecular complexity index is 393. The molecule has 1 saturated heterocycles. The Morgan fingerprint density at radius 3 is 2.27 bits per heavy atom. The van der Waals surface area contributed by atoms with Gasteiger partial charge >= 0.3 is 35.7 Å². The van der Waals surface area contributed by atoms with Crippen molar-refractivity contribution in [3.05, 3.63) is 35.9 Å². The van der Waals surface area contributed by atoms with E-state index in [2.05, 4.69) is 5.32 Å². The smallest absolute Gasteiger partial charge is 0.428 e. The topological polar surface area (TPSA) is 55.4 Å². The van der Waals surface area contributed by atoms with E-state index in [-0.39, 0.29) is 29.6 Å². The van der Waals surface area contributed by atoms with Crippen molar-refractivity contribution in [3.8, 4) is 0 Å². The summed E-state index contributed by atoms with van der Waals surface area (Å²) >= 11 is 0. The minimum absolute atomic E-state index is 0. The Kier molecular flexibility index (Phi) is 3.54. The van der Waals surface area contributed by atoms with E-state index in [1.54, 1.807) is 31.2 Å². The van der Waals surface area contributed by atoms with Gasteiger partial charge in [-0.1, -0.05) is 30.3 Å². The van der Waals surface area contributed by atoms with Crippen molar-refractivity contribution in [1.82, 2.24) is 5.32 Å². The van der Waals surface area contributed by atoms with Gasteiger partial charge in [0.1, 0.15) is 0 Å². The first-order valence-corrected chi connectivity index (χ1v) is 4.23. The number of alkyl carbamates (subject to hydrolysis) is 1. The molecule has 1 fully saturated rings. The van der Waals surface area contributed by atoms with E-state index < -0.39 is 17.6 Å². The van der Waals surface area contributed by atoms with Crippen LogP contribution in [0.3, 0.4) is 0 Å². The molecule has 0 aliphatic carbocycles. The Labute approximate surface area is 109 Å². The number of ether oxygens (including phenoxy) is 1. The van der Waals surface area contributed by atoms with E-state index in [0.29, 0.717) is 5.56 Å². The molecule has 2 amide bonds. The standard InChI is InChI=1S/C10H9NO3.Na/c1-10(7-5-3-2-4-6-7)8(12)11-9(13)14-10;/h2-6H,1H3,(H,11,12,13);/q;+1. The molecule has 2 rings (SSSR count). The molecular weight excluding hydrogens is 205 g/mol. The number of hydrogen-bond acceptors (Lipinski definition) is 3. The van der Waals surface area contributed by atoms with Gasteiger partial charge in [0.2, 0.25) is 5.60 Å². The summed E-state index contributed by atoms with van der Waals surface area (Å²) in [5, 5.41) is 2.11. The normalized spacial score (nSPS) is 24.1. The van der Waals surface area contributed by atoms with Crippen molar-refractivity contribution in [1.29, 1.82) is 0 Å². The van der Waals surface area contributed by atoms with E-state index in [0.717, 1.165) is 0 Å². The molecule has 1 aliphatic rings. The quantitative estimate of drug-likeness (QED) is 0.560. The first kappa shape index (κ1) is 12.2. The summed E-state index contributed by atoms with van der Waals surface area (Å²) in [5.74, 6) is -0.422. The number of carbonyl (C=O) groups is 2. The molecule has 1 aromatic rings. The second-order valence-electron chi connectivity index (χ2n) is 3.24. The molecule has 15 heavy (non-hydrogen) atoms. The molecule has 0 aromatic heterocycles. The molecule has 1 aliphatic heterocycles. The van der Waals surface area contributed by atoms with Crippen LogP contribution in [0.25, 0.3) is 0 Å². The molecule has 0 radical (unpaired) electrons. The molecule has 0 spiro atoms. The van der Waals surface area contributed by atoms with Crippen LogP contribution in [0.2, 0.25) is 0 Å². The Hall–Kier alpha value is -0.840. The van der Waals surface area contributed by atoms with Gasteiger partial charge in [0.05, 0.1) is 0 Å². The van der Waals surface area contributed by atoms with Crippen molar-refractivity contribution in [2.45, 2.75) is 12.5 Å². The molecule has 1 unspecified atom stereocenters. The van der Waals surface area contributed by atoms with Gasteiger partial charge in [-0.15, -0.1) is 0 Å². The maximum atomic E-state index is 11.4. The van der Waals surface area contributed by atoms with Crippen molar-refractivity contribution in [3.63, 3.8) is 0 Å². The van der Waals surface area contributed by atoms with Crippen LogP contribution in [0.1, 0.15) is 12.5 Å². The van der Waals surface area contributed by atoms with E-state index in [4.69, 9.17) is 4.74 Å². The van der Waals surface area contributed by atoms with E-state index in [9.17, 15) is 9.59 Å². The second-order valence-corrected chi connectivity index (χ2v) is 3.24. The zero-order valence-corrected chi connectivity index (χ0v) is 10.6. The molecule has 1 heterocycles. The fourth-order valence-corrected chi connectivity index (χ4v) is 1.42. The maximum absolute atomic E-state index is 11.4. The zero-order valence-electron chi connectivity index (χ0n) is 8.61. The summed E-state index contributed by atoms with van der Waals surface area (Å²) in [6.07, 6.45) is -0.693. The average molecular weight is 214 g/mol. The van der Waals surface area contributed by atoms with Crippen LogP contribution in [0.15, 0.2) is 30.3 Å². The maximum Gasteiger partial charge on any atom is 1.00 e. The predicted octanol–water partition coefficient (Wildman–Crippen LogP) is -1.83. The molecule has 5 heteroatoms. The van der Waals surface area contributed by atoms with Crippen molar-refractivity contribution >= 4 is 12.0 Å². The molecular formula is C10H9NNaO3+. The van der Waals surface area contributed by atoms with Gasteiger partial charge in [0, 0.05) is 5.56 Å². The number of carbonyl (C=O) groups excluding carboxylic acids is 2. The summed E-state index contributed by atoms with van der Waals surface area (Å²) in [6, 6.07) is 8.91. The molecule has 0 bridgehead atoms. The predicted molar refractivity (Wildman–Crippen MR) is 48.4 cm³/mol. The molecule has 0 saturated carbocycles. The molecule has 1 aromatic carbocycles. The number of benzene rings is 1. The van der Waals surface area contributed by atoms with Crippen molar-refractivity contribution in [2.75, 3.05) is 0 Å². The number of hydrogen-bond donors (Lipinski definition) is 1. The Morgan fingerprint density at radius 2 is 1.80 bits per heavy atom. The summed E-state index contributed by atoms with van der Waals surface area (Å²) in [6.45, 7) is 1.57. The summed E-state index contributed by atoms with van der Waals surface area (Å²) in [4.78, 5) is 22.3. The van der Waals surface area contributed by atoms with Crippen LogP contribution in [0, 0.1) is 0 Å². The molecule has 72 valence electrons. The van der Waals surface area contributed by atoms with Gasteiger partial charge < -0.3 is 4.74 Å². The summed E-state index contributed by atoms with van der Waals surface area (Å²) in [5.41, 5.74) is -0.512. The third kappa shape index (κ3) is 2.07. The van der Waals surface area contributed by atoms with Crippen LogP contribution < -0.4 is 34.9 Å². The van der Waals surface area contributed by atoms with Gasteiger partial charge in [-0.05, 0) is 6.92 Å². The molecule has 1 atom stereocenters. The van der Waals surface area contributed by atoms with Gasteiger partial charge in [0.15, 0.2) is 0 Å². The molecule has 4 nitrogen and oxygen atoms in total. The SMILES string of the molecule is CC1(c2ccccc2)OC(=O)NC1=O.[Na+]. The second kappa shape index (κ2) is 4.35. The third-order valence-electron chi connectivity index (χ3n) is 2.27. The number of imide groups is 1. The fourth-order valence-electron chi connectivity index (χ4n) is 1.42. The summed E-state index contributed by atoms with van der Waals surface area (Å²) < 4.78 is 4.95. The van der Waals surface area contributed by atoms with Gasteiger partial charge in [-0.2, -0.15) is 0 Å². The van der Waals surface area contributed by atoms with E-state index in [1.807, 2.05) is 6.07 Å². The molecule has 1 N–H and O–H groups in total. The first-order valence-electron chi connectivity index (χ1n) is 4.23. The van der Waals surface area contributed by atoms with Crippen molar-refractivity contribution in [2.24, 2.45) is 0 Å². The van der Waals surface area contributed by atoms with Gasteiger partial charge in [-0.3, -0.25) is 10.1 Å². The van der Waals surface area contributed by atoms with E-state index >= 15 is 0 Å². The van der Waals surface area contributed by atoms with Gasteiger partial charge in [0.25, 0.3) is 5.91 Å². The van der Waals surface area contributed by atoms with Crippen LogP contribution in [0.4, 0.5) is 4.79 Å². The minimum Gasteiger partial charge on any atom is -0.428 e. The number of nitrogens with one attached hydrogen (secondary N) is 1. The average Bonchev–Trinajstić information content (AvgIpc) is 2.43. The Morgan fingerprint density at radius 1 is 1.20 bits per heavy atom. The van der Waals surface area contributed by atoms with Crippen LogP contribution in [0.5, 0.6) is 0 Å². The first-order chi connectivity index (χ1) is 6.63. The number of amides is 2. The zero-order chi connectivity index (χ0) is 10.2. The van der Waals surface area contributed by atoms with Gasteiger partial charge in [-0.25, -0.2) is 4.79 Å². The van der Waals surface area contributed by atoms with Crippen molar-refractivity contribution < 1.29 is 43.9 Å².